The number of carbonyl (C=O) groups is 3. The van der Waals surface area contributed by atoms with E-state index in [0.29, 0.717) is 61.8 Å². The monoisotopic (exact) mass is 636 g/mol. The molecule has 0 bridgehead atoms. The summed E-state index contributed by atoms with van der Waals surface area (Å²) in [6, 6.07) is 22.5. The SMILES string of the molecule is COc1cccc(C2C3=C(CC(C)(C)CC3=O)Nc3ccccc3N2CC(=O)N2CCN(C(=O)C3COc4ccccc4O3)CC2)c1. The Kier molecular flexibility index (Phi) is 8.03. The highest BCUT2D eigenvalue weighted by Crippen LogP contribution is 2.48. The second-order valence-corrected chi connectivity index (χ2v) is 13.4. The van der Waals surface area contributed by atoms with Crippen molar-refractivity contribution in [1.29, 1.82) is 0 Å². The first-order chi connectivity index (χ1) is 22.7. The van der Waals surface area contributed by atoms with E-state index in [1.807, 2.05) is 71.6 Å². The number of allylic oxidation sites excluding steroid dienone is 1. The molecule has 4 aliphatic rings. The number of nitrogens with one attached hydrogen (secondary N) is 1. The van der Waals surface area contributed by atoms with Crippen molar-refractivity contribution in [2.24, 2.45) is 5.41 Å². The van der Waals surface area contributed by atoms with E-state index < -0.39 is 12.1 Å². The van der Waals surface area contributed by atoms with E-state index in [-0.39, 0.29) is 36.2 Å². The van der Waals surface area contributed by atoms with Crippen LogP contribution in [0, 0.1) is 5.41 Å². The molecule has 3 aromatic rings. The fraction of sp³-hybridized carbons (Fsp3) is 0.378. The van der Waals surface area contributed by atoms with E-state index in [1.54, 1.807) is 18.1 Å². The van der Waals surface area contributed by atoms with Crippen LogP contribution in [0.25, 0.3) is 0 Å². The number of methoxy groups -OCH3 is 1. The lowest BCUT2D eigenvalue weighted by atomic mass is 9.73. The summed E-state index contributed by atoms with van der Waals surface area (Å²) < 4.78 is 17.3. The summed E-state index contributed by atoms with van der Waals surface area (Å²) in [6.45, 7) is 6.02. The fourth-order valence-corrected chi connectivity index (χ4v) is 7.15. The third-order valence-electron chi connectivity index (χ3n) is 9.45. The minimum absolute atomic E-state index is 0.0539. The van der Waals surface area contributed by atoms with Crippen LogP contribution >= 0.6 is 0 Å². The van der Waals surface area contributed by atoms with Gasteiger partial charge in [-0.15, -0.1) is 0 Å². The molecule has 2 amide bonds. The number of anilines is 2. The van der Waals surface area contributed by atoms with Gasteiger partial charge in [0.1, 0.15) is 12.4 Å². The first kappa shape index (κ1) is 30.7. The smallest absolute Gasteiger partial charge is 0.267 e. The Bertz CT molecular complexity index is 1740. The lowest BCUT2D eigenvalue weighted by molar-refractivity contribution is -0.145. The van der Waals surface area contributed by atoms with Crippen molar-refractivity contribution in [1.82, 2.24) is 9.80 Å². The predicted molar refractivity (Wildman–Crippen MR) is 178 cm³/mol. The average molecular weight is 637 g/mol. The molecule has 2 atom stereocenters. The minimum Gasteiger partial charge on any atom is -0.497 e. The molecule has 3 heterocycles. The number of ketones is 1. The van der Waals surface area contributed by atoms with Crippen molar-refractivity contribution >= 4 is 29.0 Å². The summed E-state index contributed by atoms with van der Waals surface area (Å²) in [6.07, 6.45) is 0.406. The molecule has 3 aliphatic heterocycles. The van der Waals surface area contributed by atoms with Crippen LogP contribution in [0.4, 0.5) is 11.4 Å². The minimum atomic E-state index is -0.725. The van der Waals surface area contributed by atoms with Crippen LogP contribution in [0.3, 0.4) is 0 Å². The Hall–Kier alpha value is -4.99. The van der Waals surface area contributed by atoms with E-state index in [2.05, 4.69) is 24.1 Å². The summed E-state index contributed by atoms with van der Waals surface area (Å²) in [5.74, 6) is 1.73. The molecule has 1 fully saturated rings. The molecule has 0 saturated carbocycles. The van der Waals surface area contributed by atoms with Gasteiger partial charge in [-0.3, -0.25) is 14.4 Å². The van der Waals surface area contributed by atoms with Gasteiger partial charge < -0.3 is 34.2 Å². The van der Waals surface area contributed by atoms with Gasteiger partial charge >= 0.3 is 0 Å². The highest BCUT2D eigenvalue weighted by molar-refractivity contribution is 6.02. The van der Waals surface area contributed by atoms with E-state index >= 15 is 0 Å². The number of carbonyl (C=O) groups excluding carboxylic acids is 3. The molecule has 47 heavy (non-hydrogen) atoms. The molecule has 1 N–H and O–H groups in total. The quantitative estimate of drug-likeness (QED) is 0.426. The van der Waals surface area contributed by atoms with Gasteiger partial charge in [-0.2, -0.15) is 0 Å². The Morgan fingerprint density at radius 1 is 0.915 bits per heavy atom. The van der Waals surface area contributed by atoms with Gasteiger partial charge in [-0.1, -0.05) is 50.2 Å². The van der Waals surface area contributed by atoms with E-state index in [4.69, 9.17) is 14.2 Å². The lowest BCUT2D eigenvalue weighted by Crippen LogP contribution is -2.56. The molecule has 1 saturated heterocycles. The number of amides is 2. The van der Waals surface area contributed by atoms with Crippen LogP contribution in [0.1, 0.15) is 38.3 Å². The summed E-state index contributed by atoms with van der Waals surface area (Å²) in [7, 11) is 1.63. The standard InChI is InChI=1S/C37H40N4O6/c1-37(2)20-27-34(29(42)21-37)35(24-9-8-10-25(19-24)45-3)41(28-12-5-4-11-26(28)38-27)22-33(43)39-15-17-40(18-16-39)36(44)32-23-46-30-13-6-7-14-31(30)47-32/h4-14,19,32,35,38H,15-18,20-23H2,1-3H3. The predicted octanol–water partition coefficient (Wildman–Crippen LogP) is 4.82. The number of piperazine rings is 1. The molecule has 0 aromatic heterocycles. The van der Waals surface area contributed by atoms with Crippen molar-refractivity contribution in [3.05, 3.63) is 89.6 Å². The molecule has 3 aromatic carbocycles. The van der Waals surface area contributed by atoms with Gasteiger partial charge in [-0.05, 0) is 53.8 Å². The summed E-state index contributed by atoms with van der Waals surface area (Å²) >= 11 is 0. The molecule has 2 unspecified atom stereocenters. The Morgan fingerprint density at radius 2 is 1.64 bits per heavy atom. The van der Waals surface area contributed by atoms with Gasteiger partial charge in [0, 0.05) is 43.9 Å². The normalized spacial score (nSPS) is 21.7. The van der Waals surface area contributed by atoms with E-state index in [1.165, 1.54) is 0 Å². The molecule has 0 radical (unpaired) electrons. The molecule has 244 valence electrons. The van der Waals surface area contributed by atoms with Crippen molar-refractivity contribution < 1.29 is 28.6 Å². The summed E-state index contributed by atoms with van der Waals surface area (Å²) in [5, 5.41) is 3.61. The topological polar surface area (TPSA) is 101 Å². The molecular formula is C37H40N4O6. The van der Waals surface area contributed by atoms with Crippen LogP contribution in [-0.4, -0.2) is 79.9 Å². The molecule has 10 nitrogen and oxygen atoms in total. The number of fused-ring (bicyclic) bond motifs is 2. The van der Waals surface area contributed by atoms with Crippen LogP contribution in [-0.2, 0) is 14.4 Å². The molecule has 7 rings (SSSR count). The van der Waals surface area contributed by atoms with Crippen molar-refractivity contribution in [2.45, 2.75) is 38.8 Å². The summed E-state index contributed by atoms with van der Waals surface area (Å²) in [4.78, 5) is 47.1. The number of nitrogens with zero attached hydrogens (tertiary/aromatic N) is 3. The van der Waals surface area contributed by atoms with Gasteiger partial charge in [0.2, 0.25) is 12.0 Å². The zero-order valence-corrected chi connectivity index (χ0v) is 27.0. The summed E-state index contributed by atoms with van der Waals surface area (Å²) in [5.41, 5.74) is 3.96. The fourth-order valence-electron chi connectivity index (χ4n) is 7.15. The molecule has 0 spiro atoms. The third kappa shape index (κ3) is 6.00. The molecule has 10 heteroatoms. The number of hydrogen-bond donors (Lipinski definition) is 1. The second-order valence-electron chi connectivity index (χ2n) is 13.4. The van der Waals surface area contributed by atoms with Crippen LogP contribution in [0.5, 0.6) is 17.2 Å². The highest BCUT2D eigenvalue weighted by Gasteiger charge is 2.42. The molecule has 1 aliphatic carbocycles. The van der Waals surface area contributed by atoms with Crippen molar-refractivity contribution in [3.63, 3.8) is 0 Å². The number of benzene rings is 3. The number of para-hydroxylation sites is 4. The van der Waals surface area contributed by atoms with Crippen LogP contribution < -0.4 is 24.4 Å². The second kappa shape index (κ2) is 12.3. The largest absolute Gasteiger partial charge is 0.497 e. The lowest BCUT2D eigenvalue weighted by Gasteiger charge is -2.40. The zero-order chi connectivity index (χ0) is 32.7. The number of Topliss-reactive ketones (excluding diaryl/α,β-unsaturated/α-hetero) is 1. The van der Waals surface area contributed by atoms with Gasteiger partial charge in [0.05, 0.1) is 31.1 Å². The van der Waals surface area contributed by atoms with Crippen molar-refractivity contribution in [2.75, 3.05) is 56.7 Å². The zero-order valence-electron chi connectivity index (χ0n) is 27.0. The molecular weight excluding hydrogens is 596 g/mol. The third-order valence-corrected chi connectivity index (χ3v) is 9.45. The first-order valence-corrected chi connectivity index (χ1v) is 16.2. The Balaban J connectivity index is 1.14. The maximum atomic E-state index is 14.1. The average Bonchev–Trinajstić information content (AvgIpc) is 3.21. The first-order valence-electron chi connectivity index (χ1n) is 16.2. The van der Waals surface area contributed by atoms with Crippen molar-refractivity contribution in [3.8, 4) is 17.2 Å². The maximum Gasteiger partial charge on any atom is 0.267 e. The van der Waals surface area contributed by atoms with Gasteiger partial charge in [0.25, 0.3) is 5.91 Å². The number of ether oxygens (including phenoxy) is 3. The highest BCUT2D eigenvalue weighted by atomic mass is 16.6. The van der Waals surface area contributed by atoms with Crippen LogP contribution in [0.2, 0.25) is 0 Å². The van der Waals surface area contributed by atoms with Gasteiger partial charge in [-0.25, -0.2) is 0 Å². The Morgan fingerprint density at radius 3 is 2.43 bits per heavy atom. The number of rotatable bonds is 5. The van der Waals surface area contributed by atoms with E-state index in [0.717, 1.165) is 22.6 Å². The Labute approximate surface area is 274 Å². The maximum absolute atomic E-state index is 14.1. The van der Waals surface area contributed by atoms with E-state index in [9.17, 15) is 14.4 Å². The number of hydrogen-bond acceptors (Lipinski definition) is 8. The van der Waals surface area contributed by atoms with Gasteiger partial charge in [0.15, 0.2) is 17.3 Å². The van der Waals surface area contributed by atoms with Crippen LogP contribution in [0.15, 0.2) is 84.1 Å².